The lowest BCUT2D eigenvalue weighted by atomic mass is 10.1. The first-order chi connectivity index (χ1) is 17.9. The van der Waals surface area contributed by atoms with Crippen LogP contribution in [-0.4, -0.2) is 91.3 Å². The Morgan fingerprint density at radius 3 is 1.51 bits per heavy atom. The molecule has 1 aromatic rings. The van der Waals surface area contributed by atoms with Crippen LogP contribution in [0.15, 0.2) is 29.2 Å². The smallest absolute Gasteiger partial charge is 0.296 e. The molecule has 0 bridgehead atoms. The minimum atomic E-state index is -3.57. The van der Waals surface area contributed by atoms with E-state index in [-0.39, 0.29) is 24.7 Å². The molecule has 0 aliphatic rings. The SMILES string of the molecule is CCCCCCCCOS(=O)(=O)c1ccc(C)cc1.CCOCC.OCCOCCOCCOCCO. The van der Waals surface area contributed by atoms with E-state index in [0.29, 0.717) is 39.6 Å². The standard InChI is InChI=1S/C15H24O3S.C8H18O5.C4H10O/c1-3-4-5-6-7-8-13-18-19(16,17)15-11-9-14(2)10-12-15;9-1-3-11-5-7-13-8-6-12-4-2-10;1-3-5-4-2/h9-12H,3-8,13H2,1-2H3;9-10H,1-8H2;3-4H2,1-2H3. The third kappa shape index (κ3) is 27.7. The Labute approximate surface area is 225 Å². The van der Waals surface area contributed by atoms with E-state index < -0.39 is 10.1 Å². The number of rotatable bonds is 21. The monoisotopic (exact) mass is 552 g/mol. The summed E-state index contributed by atoms with van der Waals surface area (Å²) in [7, 11) is -3.57. The van der Waals surface area contributed by atoms with E-state index in [4.69, 9.17) is 33.3 Å². The molecule has 0 saturated heterocycles. The molecule has 0 amide bonds. The average molecular weight is 553 g/mol. The molecule has 0 saturated carbocycles. The van der Waals surface area contributed by atoms with E-state index in [1.807, 2.05) is 20.8 Å². The topological polar surface area (TPSA) is 121 Å². The van der Waals surface area contributed by atoms with Crippen molar-refractivity contribution in [3.8, 4) is 0 Å². The number of aryl methyl sites for hydroxylation is 1. The molecule has 0 atom stereocenters. The van der Waals surface area contributed by atoms with Gasteiger partial charge < -0.3 is 29.2 Å². The zero-order chi connectivity index (χ0) is 28.0. The summed E-state index contributed by atoms with van der Waals surface area (Å²) < 4.78 is 48.6. The first-order valence-electron chi connectivity index (χ1n) is 13.4. The second-order valence-electron chi connectivity index (χ2n) is 7.92. The minimum absolute atomic E-state index is 0.0413. The summed E-state index contributed by atoms with van der Waals surface area (Å²) in [4.78, 5) is 0.240. The summed E-state index contributed by atoms with van der Waals surface area (Å²) in [5.74, 6) is 0. The van der Waals surface area contributed by atoms with Crippen LogP contribution in [0.3, 0.4) is 0 Å². The van der Waals surface area contributed by atoms with Gasteiger partial charge >= 0.3 is 0 Å². The first-order valence-corrected chi connectivity index (χ1v) is 14.8. The molecule has 220 valence electrons. The molecule has 0 spiro atoms. The van der Waals surface area contributed by atoms with Crippen LogP contribution < -0.4 is 0 Å². The Morgan fingerprint density at radius 1 is 0.622 bits per heavy atom. The molecule has 37 heavy (non-hydrogen) atoms. The molecule has 0 fully saturated rings. The van der Waals surface area contributed by atoms with Gasteiger partial charge in [0, 0.05) is 13.2 Å². The first kappa shape index (κ1) is 38.0. The highest BCUT2D eigenvalue weighted by Crippen LogP contribution is 2.14. The molecule has 0 radical (unpaired) electrons. The number of hydrogen-bond acceptors (Lipinski definition) is 9. The molecule has 9 nitrogen and oxygen atoms in total. The Morgan fingerprint density at radius 2 is 1.08 bits per heavy atom. The van der Waals surface area contributed by atoms with Gasteiger partial charge in [0.1, 0.15) is 0 Å². The van der Waals surface area contributed by atoms with Crippen molar-refractivity contribution in [3.63, 3.8) is 0 Å². The highest BCUT2D eigenvalue weighted by Gasteiger charge is 2.14. The Bertz CT molecular complexity index is 655. The number of aliphatic hydroxyl groups is 2. The summed E-state index contributed by atoms with van der Waals surface area (Å²) in [5, 5.41) is 16.7. The summed E-state index contributed by atoms with van der Waals surface area (Å²) in [6.07, 6.45) is 6.68. The van der Waals surface area contributed by atoms with Crippen LogP contribution in [0.1, 0.15) is 64.9 Å². The van der Waals surface area contributed by atoms with Crippen LogP contribution in [0.2, 0.25) is 0 Å². The van der Waals surface area contributed by atoms with E-state index in [1.165, 1.54) is 19.3 Å². The van der Waals surface area contributed by atoms with E-state index in [2.05, 4.69) is 6.92 Å². The van der Waals surface area contributed by atoms with Crippen LogP contribution in [0.25, 0.3) is 0 Å². The largest absolute Gasteiger partial charge is 0.394 e. The second-order valence-corrected chi connectivity index (χ2v) is 9.54. The van der Waals surface area contributed by atoms with Gasteiger partial charge in [-0.2, -0.15) is 8.42 Å². The second kappa shape index (κ2) is 29.4. The van der Waals surface area contributed by atoms with E-state index >= 15 is 0 Å². The van der Waals surface area contributed by atoms with Gasteiger partial charge in [0.25, 0.3) is 10.1 Å². The van der Waals surface area contributed by atoms with Crippen molar-refractivity contribution in [2.45, 2.75) is 71.1 Å². The highest BCUT2D eigenvalue weighted by atomic mass is 32.2. The minimum Gasteiger partial charge on any atom is -0.394 e. The third-order valence-corrected chi connectivity index (χ3v) is 6.00. The predicted octanol–water partition coefficient (Wildman–Crippen LogP) is 4.12. The molecule has 0 unspecified atom stereocenters. The van der Waals surface area contributed by atoms with Crippen molar-refractivity contribution in [3.05, 3.63) is 29.8 Å². The maximum atomic E-state index is 11.9. The van der Waals surface area contributed by atoms with Crippen LogP contribution in [-0.2, 0) is 33.2 Å². The van der Waals surface area contributed by atoms with Crippen LogP contribution in [0.5, 0.6) is 0 Å². The highest BCUT2D eigenvalue weighted by molar-refractivity contribution is 7.86. The quantitative estimate of drug-likeness (QED) is 0.171. The van der Waals surface area contributed by atoms with Gasteiger partial charge in [0.15, 0.2) is 0 Å². The van der Waals surface area contributed by atoms with Crippen molar-refractivity contribution in [2.24, 2.45) is 0 Å². The zero-order valence-corrected chi connectivity index (χ0v) is 24.3. The van der Waals surface area contributed by atoms with E-state index in [1.54, 1.807) is 24.3 Å². The van der Waals surface area contributed by atoms with Crippen molar-refractivity contribution in [1.29, 1.82) is 0 Å². The lowest BCUT2D eigenvalue weighted by molar-refractivity contribution is 0.00230. The molecule has 0 heterocycles. The third-order valence-electron chi connectivity index (χ3n) is 4.67. The van der Waals surface area contributed by atoms with Crippen molar-refractivity contribution in [1.82, 2.24) is 0 Å². The van der Waals surface area contributed by atoms with E-state index in [9.17, 15) is 8.42 Å². The molecule has 0 aliphatic heterocycles. The summed E-state index contributed by atoms with van der Waals surface area (Å²) in [6, 6.07) is 6.74. The summed E-state index contributed by atoms with van der Waals surface area (Å²) in [6.45, 7) is 12.8. The molecule has 1 aromatic carbocycles. The normalized spacial score (nSPS) is 10.9. The number of ether oxygens (including phenoxy) is 4. The molecule has 0 aliphatic carbocycles. The Kier molecular flexibility index (Phi) is 30.3. The fourth-order valence-corrected chi connectivity index (χ4v) is 3.64. The van der Waals surface area contributed by atoms with Crippen molar-refractivity contribution in [2.75, 3.05) is 72.7 Å². The van der Waals surface area contributed by atoms with Crippen LogP contribution >= 0.6 is 0 Å². The lowest BCUT2D eigenvalue weighted by Crippen LogP contribution is -2.11. The van der Waals surface area contributed by atoms with Gasteiger partial charge in [-0.3, -0.25) is 4.18 Å². The summed E-state index contributed by atoms with van der Waals surface area (Å²) >= 11 is 0. The summed E-state index contributed by atoms with van der Waals surface area (Å²) in [5.41, 5.74) is 1.04. The van der Waals surface area contributed by atoms with Crippen LogP contribution in [0, 0.1) is 6.92 Å². The Balaban J connectivity index is 0. The molecule has 2 N–H and O–H groups in total. The van der Waals surface area contributed by atoms with Crippen molar-refractivity contribution >= 4 is 10.1 Å². The van der Waals surface area contributed by atoms with Gasteiger partial charge in [0.05, 0.1) is 64.4 Å². The molecule has 10 heteroatoms. The maximum absolute atomic E-state index is 11.9. The van der Waals surface area contributed by atoms with Gasteiger partial charge in [0.2, 0.25) is 0 Å². The fraction of sp³-hybridized carbons (Fsp3) is 0.778. The molecular formula is C27H52O9S. The number of hydrogen-bond donors (Lipinski definition) is 2. The van der Waals surface area contributed by atoms with Gasteiger partial charge in [-0.15, -0.1) is 0 Å². The molecule has 1 rings (SSSR count). The fourth-order valence-electron chi connectivity index (χ4n) is 2.70. The number of benzene rings is 1. The predicted molar refractivity (Wildman–Crippen MR) is 146 cm³/mol. The van der Waals surface area contributed by atoms with Gasteiger partial charge in [-0.25, -0.2) is 0 Å². The number of unbranched alkanes of at least 4 members (excludes halogenated alkanes) is 5. The van der Waals surface area contributed by atoms with E-state index in [0.717, 1.165) is 38.0 Å². The lowest BCUT2D eigenvalue weighted by Gasteiger charge is -2.06. The molecular weight excluding hydrogens is 500 g/mol. The van der Waals surface area contributed by atoms with Crippen LogP contribution in [0.4, 0.5) is 0 Å². The number of aliphatic hydroxyl groups excluding tert-OH is 2. The average Bonchev–Trinajstić information content (AvgIpc) is 2.89. The Hall–Kier alpha value is -1.11. The van der Waals surface area contributed by atoms with Gasteiger partial charge in [-0.05, 0) is 39.3 Å². The van der Waals surface area contributed by atoms with Gasteiger partial charge in [-0.1, -0.05) is 56.7 Å². The molecule has 0 aromatic heterocycles. The maximum Gasteiger partial charge on any atom is 0.296 e. The van der Waals surface area contributed by atoms with Crippen molar-refractivity contribution < 1.29 is 41.8 Å². The zero-order valence-electron chi connectivity index (χ0n) is 23.5.